The third-order valence-electron chi connectivity index (χ3n) is 8.51. The Bertz CT molecular complexity index is 1180. The van der Waals surface area contributed by atoms with Gasteiger partial charge in [0.1, 0.15) is 0 Å². The molecule has 0 saturated carbocycles. The number of nitrogens with zero attached hydrogens (tertiary/aromatic N) is 1. The molecule has 3 aliphatic rings. The van der Waals surface area contributed by atoms with E-state index in [2.05, 4.69) is 10.6 Å². The lowest BCUT2D eigenvalue weighted by Crippen LogP contribution is -2.45. The zero-order chi connectivity index (χ0) is 27.1. The first kappa shape index (κ1) is 27.0. The molecule has 2 aromatic rings. The highest BCUT2D eigenvalue weighted by Crippen LogP contribution is 2.60. The number of piperidine rings is 1. The van der Waals surface area contributed by atoms with Crippen molar-refractivity contribution in [3.05, 3.63) is 59.7 Å². The Hall–Kier alpha value is -2.59. The fourth-order valence-electron chi connectivity index (χ4n) is 6.75. The highest BCUT2D eigenvalue weighted by Gasteiger charge is 2.66. The van der Waals surface area contributed by atoms with Crippen LogP contribution in [0.3, 0.4) is 0 Å². The number of benzene rings is 2. The number of fused-ring (bicyclic) bond motifs is 2. The molecule has 5 atom stereocenters. The second kappa shape index (κ2) is 10.5. The molecule has 9 heteroatoms. The second-order valence-corrected chi connectivity index (χ2v) is 15.2. The van der Waals surface area contributed by atoms with Gasteiger partial charge in [-0.15, -0.1) is 0 Å². The maximum Gasteiger partial charge on any atom is 0.264 e. The van der Waals surface area contributed by atoms with Crippen LogP contribution in [0.4, 0.5) is 15.5 Å². The summed E-state index contributed by atoms with van der Waals surface area (Å²) in [5.74, 6) is -0.551. The molecule has 3 N–H and O–H groups in total. The maximum atomic E-state index is 15.6. The lowest BCUT2D eigenvalue weighted by Gasteiger charge is -2.31. The number of carbonyl (C=O) groups excluding carboxylic acids is 2. The van der Waals surface area contributed by atoms with Crippen LogP contribution in [0.5, 0.6) is 0 Å². The van der Waals surface area contributed by atoms with Crippen molar-refractivity contribution in [2.45, 2.75) is 63.1 Å². The monoisotopic (exact) mass is 539 g/mol. The van der Waals surface area contributed by atoms with Crippen LogP contribution in [0.1, 0.15) is 37.3 Å². The minimum absolute atomic E-state index is 0.0224. The van der Waals surface area contributed by atoms with Gasteiger partial charge >= 0.3 is 0 Å². The molecule has 0 bridgehead atoms. The molecular weight excluding hydrogens is 501 g/mol. The number of anilines is 2. The summed E-state index contributed by atoms with van der Waals surface area (Å²) in [5.41, 5.74) is 1.51. The first-order chi connectivity index (χ1) is 18.2. The number of aliphatic hydroxyl groups excluding tert-OH is 1. The van der Waals surface area contributed by atoms with Gasteiger partial charge in [0, 0.05) is 35.9 Å². The van der Waals surface area contributed by atoms with Gasteiger partial charge in [-0.05, 0) is 62.7 Å². The number of para-hydroxylation sites is 1. The van der Waals surface area contributed by atoms with Gasteiger partial charge in [-0.25, -0.2) is 0 Å². The van der Waals surface area contributed by atoms with E-state index in [4.69, 9.17) is 4.74 Å². The summed E-state index contributed by atoms with van der Waals surface area (Å²) in [6, 6.07) is 15.2. The van der Waals surface area contributed by atoms with Crippen LogP contribution in [0.2, 0.25) is 18.6 Å². The zero-order valence-corrected chi connectivity index (χ0v) is 23.4. The van der Waals surface area contributed by atoms with Crippen molar-refractivity contribution in [3.63, 3.8) is 0 Å². The Morgan fingerprint density at radius 3 is 2.63 bits per heavy atom. The molecule has 2 fully saturated rings. The Kier molecular flexibility index (Phi) is 7.47. The number of aliphatic hydroxyl groups is 1. The van der Waals surface area contributed by atoms with E-state index >= 15 is 4.11 Å². The van der Waals surface area contributed by atoms with Gasteiger partial charge in [-0.1, -0.05) is 37.3 Å². The van der Waals surface area contributed by atoms with Crippen molar-refractivity contribution in [2.24, 2.45) is 11.8 Å². The van der Waals surface area contributed by atoms with Gasteiger partial charge in [0.2, 0.25) is 14.3 Å². The topological polar surface area (TPSA) is 90.9 Å². The van der Waals surface area contributed by atoms with Gasteiger partial charge in [0.05, 0.1) is 24.3 Å². The predicted molar refractivity (Wildman–Crippen MR) is 148 cm³/mol. The van der Waals surface area contributed by atoms with Gasteiger partial charge in [0.25, 0.3) is 5.91 Å². The zero-order valence-electron chi connectivity index (χ0n) is 22.4. The van der Waals surface area contributed by atoms with Crippen molar-refractivity contribution in [2.75, 3.05) is 29.9 Å². The Labute approximate surface area is 224 Å². The van der Waals surface area contributed by atoms with Crippen molar-refractivity contribution >= 4 is 31.6 Å². The molecule has 1 unspecified atom stereocenters. The second-order valence-electron chi connectivity index (χ2n) is 11.4. The lowest BCUT2D eigenvalue weighted by atomic mass is 9.82. The third kappa shape index (κ3) is 4.70. The molecule has 2 aromatic carbocycles. The minimum Gasteiger partial charge on any atom is -0.396 e. The SMILES string of the molecule is C[C@H]1[C@H]([Si](C)(C)F)[C@@H](CCO)O[C@]12C(=O)N(Cc1ccc(NC(=O)C3CCCNC3)cc1)c1ccccc12. The van der Waals surface area contributed by atoms with Gasteiger partial charge in [-0.3, -0.25) is 9.59 Å². The van der Waals surface area contributed by atoms with E-state index in [-0.39, 0.29) is 30.3 Å². The van der Waals surface area contributed by atoms with Crippen molar-refractivity contribution < 1.29 is 23.5 Å². The maximum absolute atomic E-state index is 15.6. The van der Waals surface area contributed by atoms with Crippen molar-refractivity contribution in [3.8, 4) is 0 Å². The number of carbonyl (C=O) groups is 2. The summed E-state index contributed by atoms with van der Waals surface area (Å²) in [7, 11) is -3.21. The van der Waals surface area contributed by atoms with Crippen LogP contribution in [-0.2, 0) is 26.5 Å². The first-order valence-corrected chi connectivity index (χ1v) is 16.6. The standard InChI is InChI=1S/C29H38FN3O4Si/c1-19-26(38(2,3)30)25(14-16-34)37-29(19)23-8-4-5-9-24(23)33(28(29)36)18-20-10-12-22(13-11-20)32-27(35)21-7-6-15-31-17-21/h4-5,8-13,19,21,25-26,31,34H,6-7,14-18H2,1-3H3,(H,32,35)/t19-,21?,25+,26-,29+/m0/s1. The molecule has 2 saturated heterocycles. The number of nitrogens with one attached hydrogen (secondary N) is 2. The summed E-state index contributed by atoms with van der Waals surface area (Å²) in [5, 5.41) is 15.9. The minimum atomic E-state index is -3.21. The number of hydrogen-bond acceptors (Lipinski definition) is 5. The van der Waals surface area contributed by atoms with E-state index in [1.165, 1.54) is 0 Å². The average molecular weight is 540 g/mol. The van der Waals surface area contributed by atoms with Crippen molar-refractivity contribution in [1.29, 1.82) is 0 Å². The summed E-state index contributed by atoms with van der Waals surface area (Å²) in [6.07, 6.45) is 1.67. The molecule has 1 spiro atoms. The molecule has 38 heavy (non-hydrogen) atoms. The van der Waals surface area contributed by atoms with Crippen LogP contribution in [-0.4, -0.2) is 51.1 Å². The summed E-state index contributed by atoms with van der Waals surface area (Å²) in [6.45, 7) is 7.12. The van der Waals surface area contributed by atoms with Crippen LogP contribution < -0.4 is 15.5 Å². The van der Waals surface area contributed by atoms with Gasteiger partial charge in [0.15, 0.2) is 5.60 Å². The molecule has 2 amide bonds. The van der Waals surface area contributed by atoms with Crippen molar-refractivity contribution in [1.82, 2.24) is 5.32 Å². The van der Waals surface area contributed by atoms with Crippen LogP contribution >= 0.6 is 0 Å². The van der Waals surface area contributed by atoms with E-state index in [1.807, 2.05) is 55.5 Å². The molecule has 5 rings (SSSR count). The van der Waals surface area contributed by atoms with E-state index in [1.54, 1.807) is 18.0 Å². The third-order valence-corrected chi connectivity index (χ3v) is 11.0. The van der Waals surface area contributed by atoms with E-state index in [0.29, 0.717) is 19.5 Å². The highest BCUT2D eigenvalue weighted by atomic mass is 28.4. The Balaban J connectivity index is 1.38. The summed E-state index contributed by atoms with van der Waals surface area (Å²) in [4.78, 5) is 28.5. The molecule has 0 aromatic heterocycles. The average Bonchev–Trinajstić information content (AvgIpc) is 3.33. The highest BCUT2D eigenvalue weighted by molar-refractivity contribution is 6.72. The first-order valence-electron chi connectivity index (χ1n) is 13.7. The summed E-state index contributed by atoms with van der Waals surface area (Å²) >= 11 is 0. The fourth-order valence-corrected chi connectivity index (χ4v) is 9.29. The summed E-state index contributed by atoms with van der Waals surface area (Å²) < 4.78 is 22.1. The lowest BCUT2D eigenvalue weighted by molar-refractivity contribution is -0.146. The number of hydrogen-bond donors (Lipinski definition) is 3. The Morgan fingerprint density at radius 2 is 1.97 bits per heavy atom. The normalized spacial score (nSPS) is 29.1. The van der Waals surface area contributed by atoms with Gasteiger partial charge in [-0.2, -0.15) is 0 Å². The van der Waals surface area contributed by atoms with E-state index in [9.17, 15) is 14.7 Å². The van der Waals surface area contributed by atoms with E-state index < -0.39 is 25.7 Å². The van der Waals surface area contributed by atoms with E-state index in [0.717, 1.165) is 41.9 Å². The number of amides is 2. The predicted octanol–water partition coefficient (Wildman–Crippen LogP) is 4.33. The number of ether oxygens (including phenoxy) is 1. The molecule has 3 aliphatic heterocycles. The molecule has 0 radical (unpaired) electrons. The molecule has 0 aliphatic carbocycles. The smallest absolute Gasteiger partial charge is 0.264 e. The number of halogens is 1. The van der Waals surface area contributed by atoms with Crippen LogP contribution in [0.25, 0.3) is 0 Å². The molecular formula is C29H38FN3O4Si. The van der Waals surface area contributed by atoms with Crippen LogP contribution in [0, 0.1) is 11.8 Å². The Morgan fingerprint density at radius 1 is 1.24 bits per heavy atom. The van der Waals surface area contributed by atoms with Crippen LogP contribution in [0.15, 0.2) is 48.5 Å². The molecule has 3 heterocycles. The molecule has 204 valence electrons. The largest absolute Gasteiger partial charge is 0.396 e. The van der Waals surface area contributed by atoms with Gasteiger partial charge < -0.3 is 29.5 Å². The quantitative estimate of drug-likeness (QED) is 0.360. The number of rotatable bonds is 7. The molecule has 7 nitrogen and oxygen atoms in total. The fraction of sp³-hybridized carbons (Fsp3) is 0.517.